The number of nitrogens with zero attached hydrogens (tertiary/aromatic N) is 1. The normalized spacial score (nSPS) is 16.2. The van der Waals surface area contributed by atoms with Gasteiger partial charge in [0.15, 0.2) is 0 Å². The van der Waals surface area contributed by atoms with Gasteiger partial charge in [-0.05, 0) is 42.7 Å². The number of likely N-dealkylation sites (tertiary alicyclic amines) is 1. The zero-order valence-electron chi connectivity index (χ0n) is 16.2. The van der Waals surface area contributed by atoms with Gasteiger partial charge < -0.3 is 9.47 Å². The summed E-state index contributed by atoms with van der Waals surface area (Å²) in [6.07, 6.45) is 1.62. The van der Waals surface area contributed by atoms with Crippen molar-refractivity contribution in [2.75, 3.05) is 33.4 Å². The lowest BCUT2D eigenvalue weighted by atomic mass is 10.1. The Labute approximate surface area is 167 Å². The van der Waals surface area contributed by atoms with Gasteiger partial charge in [0.05, 0.1) is 11.5 Å². The van der Waals surface area contributed by atoms with Crippen LogP contribution in [0, 0.1) is 0 Å². The molecule has 1 N–H and O–H groups in total. The van der Waals surface area contributed by atoms with Gasteiger partial charge in [0.1, 0.15) is 12.4 Å². The van der Waals surface area contributed by atoms with E-state index < -0.39 is 10.0 Å². The number of piperidine rings is 1. The van der Waals surface area contributed by atoms with Crippen LogP contribution in [0.3, 0.4) is 0 Å². The summed E-state index contributed by atoms with van der Waals surface area (Å²) >= 11 is 0. The maximum absolute atomic E-state index is 12.7. The van der Waals surface area contributed by atoms with Crippen LogP contribution >= 0.6 is 0 Å². The molecule has 152 valence electrons. The van der Waals surface area contributed by atoms with Gasteiger partial charge in [-0.2, -0.15) is 0 Å². The summed E-state index contributed by atoms with van der Waals surface area (Å²) in [4.78, 5) is 2.63. The number of benzene rings is 2. The second-order valence-electron chi connectivity index (χ2n) is 6.97. The smallest absolute Gasteiger partial charge is 0.240 e. The molecule has 0 amide bonds. The molecule has 1 fully saturated rings. The molecule has 3 rings (SSSR count). The Bertz CT molecular complexity index is 817. The van der Waals surface area contributed by atoms with Gasteiger partial charge in [0.2, 0.25) is 10.0 Å². The second-order valence-corrected chi connectivity index (χ2v) is 8.68. The Hall–Kier alpha value is -1.93. The number of sulfonamides is 1. The molecule has 0 unspecified atom stereocenters. The first kappa shape index (κ1) is 20.8. The summed E-state index contributed by atoms with van der Waals surface area (Å²) in [5.74, 6) is 0.630. The number of methoxy groups -OCH3 is 1. The van der Waals surface area contributed by atoms with Crippen LogP contribution < -0.4 is 9.46 Å². The van der Waals surface area contributed by atoms with Crippen molar-refractivity contribution in [3.05, 3.63) is 60.2 Å². The standard InChI is InChI=1S/C21H28N2O4S/c1-26-15-16-27-20-7-9-21(10-8-20)28(24,25)22-19-11-13-23(14-12-19)17-18-5-3-2-4-6-18/h2-10,19,22H,11-17H2,1H3. The molecule has 2 aromatic carbocycles. The summed E-state index contributed by atoms with van der Waals surface area (Å²) in [5.41, 5.74) is 1.29. The summed E-state index contributed by atoms with van der Waals surface area (Å²) in [6, 6.07) is 16.8. The number of hydrogen-bond acceptors (Lipinski definition) is 5. The Morgan fingerprint density at radius 3 is 2.32 bits per heavy atom. The molecular formula is C21H28N2O4S. The summed E-state index contributed by atoms with van der Waals surface area (Å²) in [6.45, 7) is 3.60. The largest absolute Gasteiger partial charge is 0.491 e. The third kappa shape index (κ3) is 6.04. The van der Waals surface area contributed by atoms with E-state index in [0.29, 0.717) is 19.0 Å². The average Bonchev–Trinajstić information content (AvgIpc) is 2.71. The van der Waals surface area contributed by atoms with Crippen LogP contribution in [0.4, 0.5) is 0 Å². The van der Waals surface area contributed by atoms with Crippen LogP contribution in [0.5, 0.6) is 5.75 Å². The monoisotopic (exact) mass is 404 g/mol. The topological polar surface area (TPSA) is 67.9 Å². The van der Waals surface area contributed by atoms with Crippen molar-refractivity contribution in [3.63, 3.8) is 0 Å². The highest BCUT2D eigenvalue weighted by Crippen LogP contribution is 2.19. The van der Waals surface area contributed by atoms with Crippen molar-refractivity contribution in [1.29, 1.82) is 0 Å². The molecule has 0 aliphatic carbocycles. The lowest BCUT2D eigenvalue weighted by Crippen LogP contribution is -2.44. The van der Waals surface area contributed by atoms with Gasteiger partial charge in [0.25, 0.3) is 0 Å². The zero-order valence-corrected chi connectivity index (χ0v) is 17.0. The molecule has 6 nitrogen and oxygen atoms in total. The zero-order chi connectivity index (χ0) is 19.8. The van der Waals surface area contributed by atoms with E-state index in [9.17, 15) is 8.42 Å². The van der Waals surface area contributed by atoms with Crippen molar-refractivity contribution < 1.29 is 17.9 Å². The van der Waals surface area contributed by atoms with Gasteiger partial charge in [-0.1, -0.05) is 30.3 Å². The summed E-state index contributed by atoms with van der Waals surface area (Å²) in [7, 11) is -1.92. The summed E-state index contributed by atoms with van der Waals surface area (Å²) < 4.78 is 38.6. The fourth-order valence-electron chi connectivity index (χ4n) is 3.30. The van der Waals surface area contributed by atoms with Gasteiger partial charge in [-0.15, -0.1) is 0 Å². The van der Waals surface area contributed by atoms with Crippen LogP contribution in [0.1, 0.15) is 18.4 Å². The highest BCUT2D eigenvalue weighted by Gasteiger charge is 2.24. The van der Waals surface area contributed by atoms with Gasteiger partial charge in [-0.3, -0.25) is 4.90 Å². The molecule has 0 aromatic heterocycles. The molecule has 0 spiro atoms. The maximum atomic E-state index is 12.7. The first-order chi connectivity index (χ1) is 13.6. The van der Waals surface area contributed by atoms with E-state index >= 15 is 0 Å². The van der Waals surface area contributed by atoms with E-state index in [-0.39, 0.29) is 10.9 Å². The Morgan fingerprint density at radius 1 is 1.00 bits per heavy atom. The van der Waals surface area contributed by atoms with Crippen LogP contribution in [0.25, 0.3) is 0 Å². The average molecular weight is 405 g/mol. The number of hydrogen-bond donors (Lipinski definition) is 1. The number of ether oxygens (including phenoxy) is 2. The Morgan fingerprint density at radius 2 is 1.68 bits per heavy atom. The number of nitrogens with one attached hydrogen (secondary N) is 1. The molecule has 0 atom stereocenters. The maximum Gasteiger partial charge on any atom is 0.240 e. The molecule has 0 bridgehead atoms. The fourth-order valence-corrected chi connectivity index (χ4v) is 4.60. The predicted molar refractivity (Wildman–Crippen MR) is 109 cm³/mol. The molecule has 1 aliphatic heterocycles. The van der Waals surface area contributed by atoms with Crippen molar-refractivity contribution in [2.24, 2.45) is 0 Å². The van der Waals surface area contributed by atoms with Crippen molar-refractivity contribution in [1.82, 2.24) is 9.62 Å². The van der Waals surface area contributed by atoms with Crippen molar-refractivity contribution >= 4 is 10.0 Å². The molecule has 0 saturated carbocycles. The van der Waals surface area contributed by atoms with Crippen molar-refractivity contribution in [3.8, 4) is 5.75 Å². The first-order valence-electron chi connectivity index (χ1n) is 9.57. The third-order valence-electron chi connectivity index (χ3n) is 4.85. The molecule has 0 radical (unpaired) electrons. The van der Waals surface area contributed by atoms with E-state index in [1.54, 1.807) is 31.4 Å². The van der Waals surface area contributed by atoms with E-state index in [0.717, 1.165) is 32.5 Å². The van der Waals surface area contributed by atoms with Gasteiger partial charge >= 0.3 is 0 Å². The van der Waals surface area contributed by atoms with E-state index in [4.69, 9.17) is 9.47 Å². The highest BCUT2D eigenvalue weighted by atomic mass is 32.2. The molecule has 1 saturated heterocycles. The lowest BCUT2D eigenvalue weighted by molar-refractivity contribution is 0.146. The fraction of sp³-hybridized carbons (Fsp3) is 0.429. The molecule has 1 heterocycles. The SMILES string of the molecule is COCCOc1ccc(S(=O)(=O)NC2CCN(Cc3ccccc3)CC2)cc1. The minimum absolute atomic E-state index is 0.0327. The first-order valence-corrected chi connectivity index (χ1v) is 11.1. The number of rotatable bonds is 9. The molecule has 7 heteroatoms. The Kier molecular flexibility index (Phi) is 7.44. The van der Waals surface area contributed by atoms with Crippen molar-refractivity contribution in [2.45, 2.75) is 30.3 Å². The molecule has 28 heavy (non-hydrogen) atoms. The predicted octanol–water partition coefficient (Wildman–Crippen LogP) is 2.65. The molecular weight excluding hydrogens is 376 g/mol. The van der Waals surface area contributed by atoms with Gasteiger partial charge in [0, 0.05) is 32.8 Å². The van der Waals surface area contributed by atoms with Crippen LogP contribution in [-0.2, 0) is 21.3 Å². The quantitative estimate of drug-likeness (QED) is 0.651. The van der Waals surface area contributed by atoms with Crippen LogP contribution in [0.2, 0.25) is 0 Å². The Balaban J connectivity index is 1.49. The third-order valence-corrected chi connectivity index (χ3v) is 6.39. The molecule has 2 aromatic rings. The minimum atomic E-state index is -3.53. The van der Waals surface area contributed by atoms with E-state index in [2.05, 4.69) is 21.8 Å². The second kappa shape index (κ2) is 10.0. The van der Waals surface area contributed by atoms with Crippen LogP contribution in [-0.4, -0.2) is 52.8 Å². The highest BCUT2D eigenvalue weighted by molar-refractivity contribution is 7.89. The molecule has 1 aliphatic rings. The van der Waals surface area contributed by atoms with E-state index in [1.807, 2.05) is 18.2 Å². The minimum Gasteiger partial charge on any atom is -0.491 e. The summed E-state index contributed by atoms with van der Waals surface area (Å²) in [5, 5.41) is 0. The lowest BCUT2D eigenvalue weighted by Gasteiger charge is -2.32. The van der Waals surface area contributed by atoms with Gasteiger partial charge in [-0.25, -0.2) is 13.1 Å². The van der Waals surface area contributed by atoms with Crippen LogP contribution in [0.15, 0.2) is 59.5 Å². The van der Waals surface area contributed by atoms with E-state index in [1.165, 1.54) is 5.56 Å².